The van der Waals surface area contributed by atoms with Gasteiger partial charge in [-0.15, -0.1) is 5.10 Å². The zero-order valence-corrected chi connectivity index (χ0v) is 11.0. The monoisotopic (exact) mass is 288 g/mol. The summed E-state index contributed by atoms with van der Waals surface area (Å²) in [5, 5.41) is 8.12. The summed E-state index contributed by atoms with van der Waals surface area (Å²) in [4.78, 5) is 14.7. The first kappa shape index (κ1) is 12.6. The molecule has 2 heterocycles. The van der Waals surface area contributed by atoms with E-state index in [4.69, 9.17) is 16.0 Å². The van der Waals surface area contributed by atoms with Gasteiger partial charge in [-0.05, 0) is 24.3 Å². The summed E-state index contributed by atoms with van der Waals surface area (Å²) in [5.74, 6) is 1.13. The molecule has 3 rings (SSSR count). The van der Waals surface area contributed by atoms with Gasteiger partial charge in [-0.25, -0.2) is 9.67 Å². The van der Waals surface area contributed by atoms with Crippen LogP contribution < -0.4 is 0 Å². The van der Waals surface area contributed by atoms with Crippen LogP contribution in [-0.2, 0) is 6.54 Å². The first-order valence-electron chi connectivity index (χ1n) is 5.80. The fourth-order valence-electron chi connectivity index (χ4n) is 1.71. The third-order valence-electron chi connectivity index (χ3n) is 2.66. The number of rotatable bonds is 4. The molecule has 0 saturated heterocycles. The van der Waals surface area contributed by atoms with E-state index in [0.29, 0.717) is 29.5 Å². The maximum Gasteiger partial charge on any atom is 0.216 e. The van der Waals surface area contributed by atoms with Crippen molar-refractivity contribution in [2.45, 2.75) is 6.54 Å². The summed E-state index contributed by atoms with van der Waals surface area (Å²) in [6, 6.07) is 7.28. The van der Waals surface area contributed by atoms with Crippen LogP contribution in [-0.4, -0.2) is 26.3 Å². The van der Waals surface area contributed by atoms with Gasteiger partial charge in [0.2, 0.25) is 5.89 Å². The van der Waals surface area contributed by atoms with Crippen LogP contribution in [0.15, 0.2) is 41.1 Å². The molecule has 3 aromatic rings. The predicted octanol–water partition coefficient (Wildman–Crippen LogP) is 2.45. The van der Waals surface area contributed by atoms with Crippen molar-refractivity contribution >= 4 is 17.9 Å². The lowest BCUT2D eigenvalue weighted by molar-refractivity contribution is 0.111. The van der Waals surface area contributed by atoms with Gasteiger partial charge in [0.25, 0.3) is 0 Å². The van der Waals surface area contributed by atoms with E-state index in [1.807, 2.05) is 12.1 Å². The molecule has 0 radical (unpaired) electrons. The molecule has 2 aromatic heterocycles. The molecule has 0 saturated carbocycles. The molecule has 100 valence electrons. The van der Waals surface area contributed by atoms with Crippen LogP contribution in [0, 0.1) is 0 Å². The van der Waals surface area contributed by atoms with E-state index in [2.05, 4.69) is 15.3 Å². The zero-order chi connectivity index (χ0) is 13.9. The minimum absolute atomic E-state index is 0.273. The van der Waals surface area contributed by atoms with E-state index in [9.17, 15) is 4.79 Å². The van der Waals surface area contributed by atoms with Gasteiger partial charge in [-0.1, -0.05) is 16.8 Å². The number of benzene rings is 1. The highest BCUT2D eigenvalue weighted by molar-refractivity contribution is 6.30. The Morgan fingerprint density at radius 2 is 2.10 bits per heavy atom. The normalized spacial score (nSPS) is 10.7. The summed E-state index contributed by atoms with van der Waals surface area (Å²) >= 11 is 5.83. The van der Waals surface area contributed by atoms with Gasteiger partial charge >= 0.3 is 0 Å². The topological polar surface area (TPSA) is 73.8 Å². The van der Waals surface area contributed by atoms with E-state index < -0.39 is 0 Å². The predicted molar refractivity (Wildman–Crippen MR) is 71.5 cm³/mol. The molecule has 7 heteroatoms. The molecule has 0 spiro atoms. The van der Waals surface area contributed by atoms with E-state index in [1.54, 1.807) is 18.3 Å². The second-order valence-corrected chi connectivity index (χ2v) is 4.52. The Bertz CT molecular complexity index is 733. The maximum absolute atomic E-state index is 10.5. The van der Waals surface area contributed by atoms with Crippen LogP contribution >= 0.6 is 11.6 Å². The quantitative estimate of drug-likeness (QED) is 0.689. The molecule has 0 aliphatic heterocycles. The minimum Gasteiger partial charge on any atom is -0.439 e. The van der Waals surface area contributed by atoms with Crippen molar-refractivity contribution in [3.8, 4) is 11.3 Å². The molecule has 0 amide bonds. The fourth-order valence-corrected chi connectivity index (χ4v) is 1.84. The Balaban J connectivity index is 1.79. The molecule has 0 aliphatic rings. The van der Waals surface area contributed by atoms with Gasteiger partial charge in [0.15, 0.2) is 12.0 Å². The molecule has 1 aromatic carbocycles. The van der Waals surface area contributed by atoms with E-state index >= 15 is 0 Å². The molecular formula is C13H9ClN4O2. The molecule has 0 bridgehead atoms. The van der Waals surface area contributed by atoms with Gasteiger partial charge in [-0.3, -0.25) is 4.79 Å². The van der Waals surface area contributed by atoms with Crippen LogP contribution in [0.3, 0.4) is 0 Å². The molecule has 20 heavy (non-hydrogen) atoms. The molecule has 0 N–H and O–H groups in total. The summed E-state index contributed by atoms with van der Waals surface area (Å²) in [6.45, 7) is 0.314. The average molecular weight is 289 g/mol. The minimum atomic E-state index is 0.273. The lowest BCUT2D eigenvalue weighted by Crippen LogP contribution is -2.00. The third kappa shape index (κ3) is 2.60. The third-order valence-corrected chi connectivity index (χ3v) is 2.91. The largest absolute Gasteiger partial charge is 0.439 e. The number of nitrogens with zero attached hydrogens (tertiary/aromatic N) is 4. The SMILES string of the molecule is O=Cc1cn(Cc2ncc(-c3ccc(Cl)cc3)o2)nn1. The Labute approximate surface area is 119 Å². The van der Waals surface area contributed by atoms with Gasteiger partial charge in [-0.2, -0.15) is 0 Å². The number of hydrogen-bond acceptors (Lipinski definition) is 5. The average Bonchev–Trinajstić information content (AvgIpc) is 3.09. The molecule has 0 aliphatic carbocycles. The standard InChI is InChI=1S/C13H9ClN4O2/c14-10-3-1-9(2-4-10)12-5-15-13(20-12)7-18-6-11(8-19)16-17-18/h1-6,8H,7H2. The van der Waals surface area contributed by atoms with Crippen molar-refractivity contribution in [1.29, 1.82) is 0 Å². The Morgan fingerprint density at radius 1 is 1.30 bits per heavy atom. The lowest BCUT2D eigenvalue weighted by Gasteiger charge is -1.97. The Morgan fingerprint density at radius 3 is 2.80 bits per heavy atom. The first-order chi connectivity index (χ1) is 9.74. The van der Waals surface area contributed by atoms with Crippen molar-refractivity contribution in [1.82, 2.24) is 20.0 Å². The number of carbonyl (C=O) groups excluding carboxylic acids is 1. The van der Waals surface area contributed by atoms with E-state index in [1.165, 1.54) is 10.9 Å². The highest BCUT2D eigenvalue weighted by Crippen LogP contribution is 2.22. The van der Waals surface area contributed by atoms with Crippen molar-refractivity contribution in [2.24, 2.45) is 0 Å². The highest BCUT2D eigenvalue weighted by atomic mass is 35.5. The Hall–Kier alpha value is -2.47. The fraction of sp³-hybridized carbons (Fsp3) is 0.0769. The zero-order valence-electron chi connectivity index (χ0n) is 10.2. The smallest absolute Gasteiger partial charge is 0.216 e. The van der Waals surface area contributed by atoms with Crippen molar-refractivity contribution in [3.63, 3.8) is 0 Å². The van der Waals surface area contributed by atoms with Crippen LogP contribution in [0.2, 0.25) is 5.02 Å². The first-order valence-corrected chi connectivity index (χ1v) is 6.18. The molecule has 0 atom stereocenters. The van der Waals surface area contributed by atoms with E-state index in [0.717, 1.165) is 5.56 Å². The van der Waals surface area contributed by atoms with Crippen molar-refractivity contribution < 1.29 is 9.21 Å². The van der Waals surface area contributed by atoms with Gasteiger partial charge in [0, 0.05) is 10.6 Å². The summed E-state index contributed by atoms with van der Waals surface area (Å²) in [5.41, 5.74) is 1.16. The molecule has 6 nitrogen and oxygen atoms in total. The highest BCUT2D eigenvalue weighted by Gasteiger charge is 2.08. The summed E-state index contributed by atoms with van der Waals surface area (Å²) in [6.07, 6.45) is 3.80. The summed E-state index contributed by atoms with van der Waals surface area (Å²) < 4.78 is 7.11. The lowest BCUT2D eigenvalue weighted by atomic mass is 10.2. The Kier molecular flexibility index (Phi) is 3.30. The second-order valence-electron chi connectivity index (χ2n) is 4.08. The number of halogens is 1. The number of aldehydes is 1. The molecule has 0 unspecified atom stereocenters. The van der Waals surface area contributed by atoms with E-state index in [-0.39, 0.29) is 5.69 Å². The second kappa shape index (κ2) is 5.26. The maximum atomic E-state index is 10.5. The van der Waals surface area contributed by atoms with Crippen LogP contribution in [0.5, 0.6) is 0 Å². The van der Waals surface area contributed by atoms with Crippen molar-refractivity contribution in [2.75, 3.05) is 0 Å². The van der Waals surface area contributed by atoms with Gasteiger partial charge in [0.1, 0.15) is 12.2 Å². The van der Waals surface area contributed by atoms with Crippen LogP contribution in [0.4, 0.5) is 0 Å². The molecule has 0 fully saturated rings. The van der Waals surface area contributed by atoms with Gasteiger partial charge < -0.3 is 4.42 Å². The van der Waals surface area contributed by atoms with Crippen LogP contribution in [0.25, 0.3) is 11.3 Å². The number of carbonyl (C=O) groups is 1. The van der Waals surface area contributed by atoms with Gasteiger partial charge in [0.05, 0.1) is 12.4 Å². The van der Waals surface area contributed by atoms with Crippen LogP contribution in [0.1, 0.15) is 16.4 Å². The number of hydrogen-bond donors (Lipinski definition) is 0. The number of oxazole rings is 1. The summed E-state index contributed by atoms with van der Waals surface area (Å²) in [7, 11) is 0. The molecular weight excluding hydrogens is 280 g/mol. The van der Waals surface area contributed by atoms with Crippen molar-refractivity contribution in [3.05, 3.63) is 53.3 Å². The number of aromatic nitrogens is 4.